The number of hydrogen-bond acceptors (Lipinski definition) is 2. The van der Waals surface area contributed by atoms with Gasteiger partial charge in [-0.25, -0.2) is 0 Å². The van der Waals surface area contributed by atoms with Crippen LogP contribution in [-0.4, -0.2) is 31.7 Å². The number of halogens is 1. The zero-order valence-corrected chi connectivity index (χ0v) is 14.3. The summed E-state index contributed by atoms with van der Waals surface area (Å²) in [5.74, 6) is 1.86. The monoisotopic (exact) mass is 389 g/mol. The molecule has 4 nitrogen and oxygen atoms in total. The van der Waals surface area contributed by atoms with Crippen LogP contribution in [0.25, 0.3) is 0 Å². The molecule has 1 fully saturated rings. The van der Waals surface area contributed by atoms with E-state index in [0.717, 1.165) is 31.2 Å². The predicted octanol–water partition coefficient (Wildman–Crippen LogP) is 2.79. The predicted molar refractivity (Wildman–Crippen MR) is 94.1 cm³/mol. The summed E-state index contributed by atoms with van der Waals surface area (Å²) in [4.78, 5) is 4.54. The van der Waals surface area contributed by atoms with E-state index in [0.29, 0.717) is 12.6 Å². The van der Waals surface area contributed by atoms with Crippen LogP contribution in [0.5, 0.6) is 5.75 Å². The van der Waals surface area contributed by atoms with E-state index in [1.54, 1.807) is 0 Å². The maximum Gasteiger partial charge on any atom is 0.191 e. The molecular weight excluding hydrogens is 365 g/mol. The minimum atomic E-state index is 0. The van der Waals surface area contributed by atoms with Gasteiger partial charge in [0.15, 0.2) is 5.96 Å². The summed E-state index contributed by atoms with van der Waals surface area (Å²) >= 11 is 0. The van der Waals surface area contributed by atoms with Crippen molar-refractivity contribution in [2.75, 3.05) is 19.7 Å². The van der Waals surface area contributed by atoms with E-state index < -0.39 is 0 Å². The van der Waals surface area contributed by atoms with Crippen molar-refractivity contribution >= 4 is 29.9 Å². The summed E-state index contributed by atoms with van der Waals surface area (Å²) in [5.41, 5.74) is 0. The van der Waals surface area contributed by atoms with Gasteiger partial charge in [0.25, 0.3) is 0 Å². The van der Waals surface area contributed by atoms with E-state index in [1.165, 1.54) is 12.8 Å². The highest BCUT2D eigenvalue weighted by Crippen LogP contribution is 2.18. The third-order valence-corrected chi connectivity index (χ3v) is 2.85. The molecule has 0 radical (unpaired) electrons. The molecule has 0 unspecified atom stereocenters. The maximum atomic E-state index is 5.63. The van der Waals surface area contributed by atoms with Crippen molar-refractivity contribution in [3.63, 3.8) is 0 Å². The van der Waals surface area contributed by atoms with Gasteiger partial charge in [-0.15, -0.1) is 24.0 Å². The third-order valence-electron chi connectivity index (χ3n) is 2.85. The summed E-state index contributed by atoms with van der Waals surface area (Å²) in [6.07, 6.45) is 3.46. The molecule has 1 saturated carbocycles. The Bertz CT molecular complexity index is 393. The summed E-state index contributed by atoms with van der Waals surface area (Å²) < 4.78 is 5.63. The number of aliphatic imine (C=N–C) groups is 1. The lowest BCUT2D eigenvalue weighted by Gasteiger charge is -2.10. The summed E-state index contributed by atoms with van der Waals surface area (Å²) in [5, 5.41) is 6.66. The van der Waals surface area contributed by atoms with Crippen LogP contribution < -0.4 is 15.4 Å². The van der Waals surface area contributed by atoms with Gasteiger partial charge in [0, 0.05) is 25.6 Å². The zero-order chi connectivity index (χ0) is 13.3. The van der Waals surface area contributed by atoms with Crippen molar-refractivity contribution in [1.82, 2.24) is 10.6 Å². The van der Waals surface area contributed by atoms with E-state index in [-0.39, 0.29) is 24.0 Å². The molecule has 0 aromatic heterocycles. The molecule has 5 heteroatoms. The molecule has 20 heavy (non-hydrogen) atoms. The summed E-state index contributed by atoms with van der Waals surface area (Å²) in [6.45, 7) is 4.48. The number of hydrogen-bond donors (Lipinski definition) is 2. The number of nitrogens with one attached hydrogen (secondary N) is 2. The van der Waals surface area contributed by atoms with Gasteiger partial charge >= 0.3 is 0 Å². The van der Waals surface area contributed by atoms with E-state index in [1.807, 2.05) is 30.3 Å². The largest absolute Gasteiger partial charge is 0.494 e. The molecule has 0 saturated heterocycles. The minimum Gasteiger partial charge on any atom is -0.494 e. The van der Waals surface area contributed by atoms with Crippen molar-refractivity contribution < 1.29 is 4.74 Å². The van der Waals surface area contributed by atoms with Gasteiger partial charge in [0.05, 0.1) is 6.61 Å². The Morgan fingerprint density at radius 3 is 2.70 bits per heavy atom. The second-order valence-corrected chi connectivity index (χ2v) is 4.69. The highest BCUT2D eigenvalue weighted by atomic mass is 127. The van der Waals surface area contributed by atoms with E-state index >= 15 is 0 Å². The Morgan fingerprint density at radius 2 is 2.05 bits per heavy atom. The molecule has 1 aliphatic carbocycles. The van der Waals surface area contributed by atoms with Crippen LogP contribution in [0, 0.1) is 0 Å². The van der Waals surface area contributed by atoms with Gasteiger partial charge in [-0.05, 0) is 31.9 Å². The molecule has 1 aliphatic rings. The van der Waals surface area contributed by atoms with Gasteiger partial charge in [-0.1, -0.05) is 18.2 Å². The van der Waals surface area contributed by atoms with Crippen molar-refractivity contribution in [2.24, 2.45) is 4.99 Å². The number of nitrogens with zero attached hydrogens (tertiary/aromatic N) is 1. The molecule has 0 bridgehead atoms. The second-order valence-electron chi connectivity index (χ2n) is 4.69. The molecule has 0 spiro atoms. The quantitative estimate of drug-likeness (QED) is 0.326. The van der Waals surface area contributed by atoms with Crippen LogP contribution >= 0.6 is 24.0 Å². The Labute approximate surface area is 138 Å². The highest BCUT2D eigenvalue weighted by molar-refractivity contribution is 14.0. The topological polar surface area (TPSA) is 45.7 Å². The first-order valence-corrected chi connectivity index (χ1v) is 7.11. The van der Waals surface area contributed by atoms with Gasteiger partial charge in [0.2, 0.25) is 0 Å². The average Bonchev–Trinajstić information content (AvgIpc) is 3.24. The smallest absolute Gasteiger partial charge is 0.191 e. The first-order chi connectivity index (χ1) is 9.38. The van der Waals surface area contributed by atoms with Crippen molar-refractivity contribution in [3.05, 3.63) is 30.3 Å². The summed E-state index contributed by atoms with van der Waals surface area (Å²) in [7, 11) is 0. The fraction of sp³-hybridized carbons (Fsp3) is 0.533. The van der Waals surface area contributed by atoms with Crippen molar-refractivity contribution in [2.45, 2.75) is 32.2 Å². The molecule has 2 N–H and O–H groups in total. The SMILES string of the molecule is CCNC(=NCCCOc1ccccc1)NC1CC1.I. The fourth-order valence-corrected chi connectivity index (χ4v) is 1.70. The maximum absolute atomic E-state index is 5.63. The third kappa shape index (κ3) is 6.98. The number of rotatable bonds is 7. The zero-order valence-electron chi connectivity index (χ0n) is 12.0. The normalized spacial score (nSPS) is 14.3. The molecule has 112 valence electrons. The van der Waals surface area contributed by atoms with Crippen LogP contribution in [0.4, 0.5) is 0 Å². The van der Waals surface area contributed by atoms with Crippen molar-refractivity contribution in [3.8, 4) is 5.75 Å². The number of guanidine groups is 1. The van der Waals surface area contributed by atoms with Crippen LogP contribution in [0.1, 0.15) is 26.2 Å². The molecule has 1 aromatic rings. The van der Waals surface area contributed by atoms with Crippen molar-refractivity contribution in [1.29, 1.82) is 0 Å². The van der Waals surface area contributed by atoms with Crippen LogP contribution in [0.15, 0.2) is 35.3 Å². The molecule has 1 aromatic carbocycles. The molecule has 0 aliphatic heterocycles. The molecular formula is C15H24IN3O. The van der Waals surface area contributed by atoms with E-state index in [2.05, 4.69) is 22.5 Å². The molecule has 2 rings (SSSR count). The van der Waals surface area contributed by atoms with E-state index in [4.69, 9.17) is 4.74 Å². The minimum absolute atomic E-state index is 0. The standard InChI is InChI=1S/C15H23N3O.HI/c1-2-16-15(18-13-9-10-13)17-11-6-12-19-14-7-4-3-5-8-14;/h3-5,7-8,13H,2,6,9-12H2,1H3,(H2,16,17,18);1H. The van der Waals surface area contributed by atoms with E-state index in [9.17, 15) is 0 Å². The number of benzene rings is 1. The van der Waals surface area contributed by atoms with Gasteiger partial charge in [-0.2, -0.15) is 0 Å². The Hall–Kier alpha value is -0.980. The second kappa shape index (κ2) is 9.85. The molecule has 0 amide bonds. The Kier molecular flexibility index (Phi) is 8.41. The van der Waals surface area contributed by atoms with Crippen LogP contribution in [0.2, 0.25) is 0 Å². The molecule has 0 atom stereocenters. The van der Waals surface area contributed by atoms with Gasteiger partial charge < -0.3 is 15.4 Å². The Balaban J connectivity index is 0.00000200. The number of para-hydroxylation sites is 1. The fourth-order valence-electron chi connectivity index (χ4n) is 1.70. The number of ether oxygens (including phenoxy) is 1. The van der Waals surface area contributed by atoms with Crippen LogP contribution in [-0.2, 0) is 0 Å². The van der Waals surface area contributed by atoms with Gasteiger partial charge in [0.1, 0.15) is 5.75 Å². The highest BCUT2D eigenvalue weighted by Gasteiger charge is 2.21. The lowest BCUT2D eigenvalue weighted by Crippen LogP contribution is -2.38. The lowest BCUT2D eigenvalue weighted by atomic mass is 10.3. The lowest BCUT2D eigenvalue weighted by molar-refractivity contribution is 0.313. The first-order valence-electron chi connectivity index (χ1n) is 7.11. The first kappa shape index (κ1) is 17.1. The van der Waals surface area contributed by atoms with Gasteiger partial charge in [-0.3, -0.25) is 4.99 Å². The summed E-state index contributed by atoms with van der Waals surface area (Å²) in [6, 6.07) is 10.5. The van der Waals surface area contributed by atoms with Crippen LogP contribution in [0.3, 0.4) is 0 Å². The Morgan fingerprint density at radius 1 is 1.30 bits per heavy atom. The molecule has 0 heterocycles. The average molecular weight is 389 g/mol.